The Kier molecular flexibility index (Phi) is 6.84. The van der Waals surface area contributed by atoms with Gasteiger partial charge in [0.2, 0.25) is 0 Å². The van der Waals surface area contributed by atoms with E-state index in [-0.39, 0.29) is 0 Å². The van der Waals surface area contributed by atoms with Gasteiger partial charge in [-0.25, -0.2) is 9.37 Å². The summed E-state index contributed by atoms with van der Waals surface area (Å²) >= 11 is 10.6. The monoisotopic (exact) mass is 194 g/mol. The third-order valence-electron chi connectivity index (χ3n) is 0.178. The number of halogens is 2. The quantitative estimate of drug-likeness (QED) is 0.672. The zero-order chi connectivity index (χ0) is 5.70. The Morgan fingerprint density at radius 3 is 2.43 bits per heavy atom. The maximum atomic E-state index is 5.30. The third-order valence-corrected chi connectivity index (χ3v) is 2.96. The topological polar surface area (TPSA) is 24.4 Å². The normalized spacial score (nSPS) is 11.4. The largest absolute Gasteiger partial charge is 0.235 e. The summed E-state index contributed by atoms with van der Waals surface area (Å²) in [5, 5.41) is 0. The molecule has 1 unspecified atom stereocenters. The maximum Gasteiger partial charge on any atom is 0.166 e. The number of rotatable bonds is 2. The Morgan fingerprint density at radius 2 is 2.29 bits per heavy atom. The summed E-state index contributed by atoms with van der Waals surface area (Å²) < 4.78 is 3.60. The maximum absolute atomic E-state index is 5.30. The molecular formula is H3Cl2N2P3. The average molecular weight is 195 g/mol. The molecule has 0 aliphatic rings. The van der Waals surface area contributed by atoms with Crippen molar-refractivity contribution in [2.45, 2.75) is 0 Å². The van der Waals surface area contributed by atoms with Gasteiger partial charge in [-0.05, 0) is 9.39 Å². The van der Waals surface area contributed by atoms with Crippen LogP contribution in [-0.2, 0) is 0 Å². The summed E-state index contributed by atoms with van der Waals surface area (Å²) in [7, 11) is 2.90. The molecule has 0 aliphatic carbocycles. The molecule has 7 heteroatoms. The number of nitrogens with zero attached hydrogens (tertiary/aromatic N) is 1. The van der Waals surface area contributed by atoms with Crippen LogP contribution < -0.4 is 4.86 Å². The first-order valence-electron chi connectivity index (χ1n) is 1.24. The molecule has 0 radical (unpaired) electrons. The van der Waals surface area contributed by atoms with Gasteiger partial charge in [-0.15, -0.1) is 0 Å². The van der Waals surface area contributed by atoms with Crippen molar-refractivity contribution in [3.8, 4) is 0 Å². The Bertz CT molecular complexity index is 62.0. The molecule has 0 aliphatic heterocycles. The summed E-state index contributed by atoms with van der Waals surface area (Å²) in [5.74, 6) is 0. The first-order valence-corrected chi connectivity index (χ1v) is 5.76. The average Bonchev–Trinajstić information content (AvgIpc) is 1.61. The molecule has 2 nitrogen and oxygen atoms in total. The summed E-state index contributed by atoms with van der Waals surface area (Å²) in [6.45, 7) is -1.03. The van der Waals surface area contributed by atoms with Crippen molar-refractivity contribution in [2.24, 2.45) is 4.52 Å². The Labute approximate surface area is 56.9 Å². The van der Waals surface area contributed by atoms with Gasteiger partial charge in [0.15, 0.2) is 6.78 Å². The summed E-state index contributed by atoms with van der Waals surface area (Å²) in [4.78, 5) is 2.68. The second kappa shape index (κ2) is 5.63. The van der Waals surface area contributed by atoms with Crippen LogP contribution in [0.15, 0.2) is 4.52 Å². The van der Waals surface area contributed by atoms with Gasteiger partial charge in [-0.2, -0.15) is 0 Å². The van der Waals surface area contributed by atoms with Crippen LogP contribution in [0.4, 0.5) is 0 Å². The second-order valence-corrected chi connectivity index (χ2v) is 5.49. The first-order chi connectivity index (χ1) is 3.27. The van der Waals surface area contributed by atoms with Crippen molar-refractivity contribution in [3.63, 3.8) is 0 Å². The Hall–Kier alpha value is 1.50. The van der Waals surface area contributed by atoms with Crippen LogP contribution in [0.2, 0.25) is 0 Å². The molecule has 42 valence electrons. The highest BCUT2D eigenvalue weighted by molar-refractivity contribution is 8.04. The van der Waals surface area contributed by atoms with Crippen LogP contribution in [0.3, 0.4) is 0 Å². The van der Waals surface area contributed by atoms with Gasteiger partial charge in [0, 0.05) is 0 Å². The first kappa shape index (κ1) is 8.50. The minimum Gasteiger partial charge on any atom is -0.235 e. The lowest BCUT2D eigenvalue weighted by Crippen LogP contribution is -1.72. The predicted octanol–water partition coefficient (Wildman–Crippen LogP) is 3.12. The Morgan fingerprint density at radius 1 is 1.71 bits per heavy atom. The van der Waals surface area contributed by atoms with Crippen LogP contribution in [0, 0.1) is 0 Å². The molecule has 1 N–H and O–H groups in total. The predicted molar refractivity (Wildman–Crippen MR) is 40.8 cm³/mol. The van der Waals surface area contributed by atoms with Crippen molar-refractivity contribution in [2.75, 3.05) is 0 Å². The molecule has 7 heavy (non-hydrogen) atoms. The second-order valence-electron chi connectivity index (χ2n) is 0.548. The van der Waals surface area contributed by atoms with E-state index in [2.05, 4.69) is 18.8 Å². The van der Waals surface area contributed by atoms with Gasteiger partial charge in [-0.3, -0.25) is 0 Å². The third kappa shape index (κ3) is 7.50. The fraction of sp³-hybridized carbons (Fsp3) is 0. The van der Waals surface area contributed by atoms with Gasteiger partial charge >= 0.3 is 0 Å². The summed E-state index contributed by atoms with van der Waals surface area (Å²) in [6.07, 6.45) is 0. The summed E-state index contributed by atoms with van der Waals surface area (Å²) in [6, 6.07) is 0. The van der Waals surface area contributed by atoms with Gasteiger partial charge in [-0.1, -0.05) is 22.5 Å². The number of nitrogens with one attached hydrogen (secondary N) is 1. The summed E-state index contributed by atoms with van der Waals surface area (Å²) in [5.41, 5.74) is 0. The zero-order valence-electron chi connectivity index (χ0n) is 3.17. The Balaban J connectivity index is 2.97. The number of hydrogen-bond acceptors (Lipinski definition) is 1. The molecular weight excluding hydrogens is 192 g/mol. The smallest absolute Gasteiger partial charge is 0.166 e. The van der Waals surface area contributed by atoms with E-state index in [0.29, 0.717) is 8.52 Å². The molecule has 0 aromatic rings. The van der Waals surface area contributed by atoms with Crippen molar-refractivity contribution in [1.29, 1.82) is 0 Å². The highest BCUT2D eigenvalue weighted by Gasteiger charge is 1.90. The molecule has 1 atom stereocenters. The van der Waals surface area contributed by atoms with Crippen molar-refractivity contribution in [1.82, 2.24) is 4.86 Å². The van der Waals surface area contributed by atoms with Crippen LogP contribution in [0.5, 0.6) is 0 Å². The van der Waals surface area contributed by atoms with E-state index in [1.165, 1.54) is 0 Å². The van der Waals surface area contributed by atoms with Crippen molar-refractivity contribution in [3.05, 3.63) is 0 Å². The highest BCUT2D eigenvalue weighted by atomic mass is 35.9. The standard InChI is InChI=1S/Cl2H3N2P3/c1-7(2)4-6-3-5/h5H2,(H,3,4). The van der Waals surface area contributed by atoms with E-state index in [4.69, 9.17) is 22.5 Å². The molecule has 0 saturated heterocycles. The van der Waals surface area contributed by atoms with Crippen molar-refractivity contribution >= 4 is 47.2 Å². The molecule has 0 spiro atoms. The van der Waals surface area contributed by atoms with Gasteiger partial charge in [0.1, 0.15) is 0 Å². The lowest BCUT2D eigenvalue weighted by atomic mass is 13.9. The van der Waals surface area contributed by atoms with Crippen LogP contribution in [0.1, 0.15) is 0 Å². The molecule has 0 rings (SSSR count). The van der Waals surface area contributed by atoms with Crippen LogP contribution >= 0.6 is 47.2 Å². The minimum atomic E-state index is -1.03. The highest BCUT2D eigenvalue weighted by Crippen LogP contribution is 2.44. The molecule has 0 amide bonds. The van der Waals surface area contributed by atoms with E-state index in [1.807, 2.05) is 0 Å². The van der Waals surface area contributed by atoms with E-state index in [0.717, 1.165) is 0 Å². The molecule has 0 fully saturated rings. The van der Waals surface area contributed by atoms with E-state index in [1.54, 1.807) is 0 Å². The van der Waals surface area contributed by atoms with Gasteiger partial charge in [0.05, 0.1) is 8.52 Å². The fourth-order valence-electron chi connectivity index (χ4n) is 0.0596. The van der Waals surface area contributed by atoms with Crippen LogP contribution in [-0.4, -0.2) is 0 Å². The zero-order valence-corrected chi connectivity index (χ0v) is 7.63. The lowest BCUT2D eigenvalue weighted by Gasteiger charge is -1.89. The van der Waals surface area contributed by atoms with E-state index < -0.39 is 6.78 Å². The van der Waals surface area contributed by atoms with E-state index >= 15 is 0 Å². The number of hydrogen-bond donors (Lipinski definition) is 1. The van der Waals surface area contributed by atoms with Crippen LogP contribution in [0.25, 0.3) is 0 Å². The van der Waals surface area contributed by atoms with Crippen molar-refractivity contribution < 1.29 is 0 Å². The SMILES string of the molecule is PN=PNP(Cl)Cl. The molecule has 0 aromatic heterocycles. The molecule has 0 bridgehead atoms. The molecule has 0 saturated carbocycles. The molecule has 0 heterocycles. The van der Waals surface area contributed by atoms with E-state index in [9.17, 15) is 0 Å². The fourth-order valence-corrected chi connectivity index (χ4v) is 1.61. The lowest BCUT2D eigenvalue weighted by molar-refractivity contribution is 1.72. The van der Waals surface area contributed by atoms with Gasteiger partial charge in [0.25, 0.3) is 0 Å². The minimum absolute atomic E-state index is 0.709. The molecule has 0 aromatic carbocycles. The van der Waals surface area contributed by atoms with Gasteiger partial charge < -0.3 is 0 Å².